The Hall–Kier alpha value is -3.07. The lowest BCUT2D eigenvalue weighted by molar-refractivity contribution is -0.115. The van der Waals surface area contributed by atoms with Crippen LogP contribution in [0.4, 0.5) is 5.69 Å². The third-order valence-corrected chi connectivity index (χ3v) is 5.96. The van der Waals surface area contributed by atoms with Crippen LogP contribution in [0.15, 0.2) is 53.9 Å². The van der Waals surface area contributed by atoms with Crippen molar-refractivity contribution in [2.75, 3.05) is 31.6 Å². The van der Waals surface area contributed by atoms with Crippen LogP contribution in [0.2, 0.25) is 0 Å². The summed E-state index contributed by atoms with van der Waals surface area (Å²) >= 11 is 1.51. The molecule has 4 rings (SSSR count). The highest BCUT2D eigenvalue weighted by molar-refractivity contribution is 7.13. The average molecular weight is 438 g/mol. The van der Waals surface area contributed by atoms with E-state index in [1.807, 2.05) is 5.38 Å². The van der Waals surface area contributed by atoms with Crippen molar-refractivity contribution >= 4 is 28.9 Å². The van der Waals surface area contributed by atoms with Gasteiger partial charge in [-0.25, -0.2) is 9.78 Å². The van der Waals surface area contributed by atoms with Gasteiger partial charge in [0.2, 0.25) is 5.91 Å². The summed E-state index contributed by atoms with van der Waals surface area (Å²) in [6.45, 7) is 4.43. The Morgan fingerprint density at radius 1 is 1.06 bits per heavy atom. The van der Waals surface area contributed by atoms with Gasteiger partial charge in [-0.15, -0.1) is 11.3 Å². The lowest BCUT2D eigenvalue weighted by Gasteiger charge is -2.26. The molecule has 1 saturated heterocycles. The summed E-state index contributed by atoms with van der Waals surface area (Å²) in [5, 5.41) is 14.5. The van der Waals surface area contributed by atoms with Crippen LogP contribution in [0.3, 0.4) is 0 Å². The third-order valence-electron chi connectivity index (χ3n) is 5.02. The normalized spacial score (nSPS) is 14.3. The molecule has 1 fully saturated rings. The van der Waals surface area contributed by atoms with Gasteiger partial charge in [0.15, 0.2) is 0 Å². The smallest absolute Gasteiger partial charge is 0.335 e. The number of hydrogen-bond acceptors (Lipinski definition) is 6. The number of carboxylic acid groups (broad SMARTS) is 1. The van der Waals surface area contributed by atoms with E-state index in [0.717, 1.165) is 43.4 Å². The Morgan fingerprint density at radius 3 is 2.45 bits per heavy atom. The minimum Gasteiger partial charge on any atom is -0.478 e. The number of anilines is 1. The summed E-state index contributed by atoms with van der Waals surface area (Å²) in [5.74, 6) is -1.19. The quantitative estimate of drug-likeness (QED) is 0.588. The molecule has 2 N–H and O–H groups in total. The highest BCUT2D eigenvalue weighted by atomic mass is 32.1. The molecule has 0 saturated carbocycles. The van der Waals surface area contributed by atoms with Gasteiger partial charge in [0.1, 0.15) is 5.01 Å². The molecule has 7 nitrogen and oxygen atoms in total. The number of carbonyl (C=O) groups is 2. The van der Waals surface area contributed by atoms with Crippen LogP contribution in [0.5, 0.6) is 0 Å². The number of rotatable bonds is 7. The topological polar surface area (TPSA) is 91.8 Å². The van der Waals surface area contributed by atoms with E-state index in [0.29, 0.717) is 11.4 Å². The number of amides is 1. The first-order valence-electron chi connectivity index (χ1n) is 10.0. The average Bonchev–Trinajstić information content (AvgIpc) is 3.23. The van der Waals surface area contributed by atoms with E-state index in [2.05, 4.69) is 39.5 Å². The number of nitrogens with zero attached hydrogens (tertiary/aromatic N) is 2. The van der Waals surface area contributed by atoms with Gasteiger partial charge in [0.25, 0.3) is 0 Å². The number of thiazole rings is 1. The van der Waals surface area contributed by atoms with E-state index >= 15 is 0 Å². The second-order valence-corrected chi connectivity index (χ2v) is 8.19. The number of carbonyl (C=O) groups excluding carboxylic acids is 1. The summed E-state index contributed by atoms with van der Waals surface area (Å²) in [7, 11) is 0. The molecule has 0 spiro atoms. The van der Waals surface area contributed by atoms with Crippen molar-refractivity contribution in [1.29, 1.82) is 0 Å². The van der Waals surface area contributed by atoms with Gasteiger partial charge in [-0.3, -0.25) is 9.69 Å². The Kier molecular flexibility index (Phi) is 6.71. The van der Waals surface area contributed by atoms with Crippen molar-refractivity contribution in [1.82, 2.24) is 9.88 Å². The number of aromatic nitrogens is 1. The Labute approximate surface area is 184 Å². The minimum absolute atomic E-state index is 0.159. The number of aromatic carboxylic acids is 1. The van der Waals surface area contributed by atoms with Gasteiger partial charge < -0.3 is 15.2 Å². The Morgan fingerprint density at radius 2 is 1.77 bits per heavy atom. The first-order valence-corrected chi connectivity index (χ1v) is 10.9. The highest BCUT2D eigenvalue weighted by Gasteiger charge is 2.12. The number of ether oxygens (including phenoxy) is 1. The van der Waals surface area contributed by atoms with Crippen molar-refractivity contribution in [2.24, 2.45) is 0 Å². The fourth-order valence-corrected chi connectivity index (χ4v) is 4.18. The molecule has 0 radical (unpaired) electrons. The van der Waals surface area contributed by atoms with E-state index in [1.54, 1.807) is 12.1 Å². The molecule has 0 atom stereocenters. The first kappa shape index (κ1) is 21.2. The SMILES string of the molecule is O=C(Cc1csc(-c2ccc(CN3CCOCC3)cc2)n1)Nc1ccc(C(=O)O)cc1. The molecular weight excluding hydrogens is 414 g/mol. The van der Waals surface area contributed by atoms with Gasteiger partial charge in [-0.05, 0) is 29.8 Å². The van der Waals surface area contributed by atoms with Crippen molar-refractivity contribution < 1.29 is 19.4 Å². The molecule has 1 aliphatic rings. The van der Waals surface area contributed by atoms with E-state index in [-0.39, 0.29) is 17.9 Å². The summed E-state index contributed by atoms with van der Waals surface area (Å²) in [6, 6.07) is 14.5. The highest BCUT2D eigenvalue weighted by Crippen LogP contribution is 2.25. The van der Waals surface area contributed by atoms with Crippen LogP contribution < -0.4 is 5.32 Å². The maximum Gasteiger partial charge on any atom is 0.335 e. The summed E-state index contributed by atoms with van der Waals surface area (Å²) in [5.41, 5.74) is 3.74. The molecule has 2 aromatic carbocycles. The van der Waals surface area contributed by atoms with Gasteiger partial charge in [0, 0.05) is 36.3 Å². The van der Waals surface area contributed by atoms with Crippen molar-refractivity contribution in [2.45, 2.75) is 13.0 Å². The van der Waals surface area contributed by atoms with Crippen molar-refractivity contribution in [3.05, 3.63) is 70.7 Å². The molecule has 3 aromatic rings. The van der Waals surface area contributed by atoms with Gasteiger partial charge >= 0.3 is 5.97 Å². The molecule has 160 valence electrons. The first-order chi connectivity index (χ1) is 15.1. The van der Waals surface area contributed by atoms with Gasteiger partial charge in [-0.2, -0.15) is 0 Å². The molecule has 1 amide bonds. The molecular formula is C23H23N3O4S. The van der Waals surface area contributed by atoms with Crippen LogP contribution in [0, 0.1) is 0 Å². The van der Waals surface area contributed by atoms with Gasteiger partial charge in [0.05, 0.1) is 30.9 Å². The maximum atomic E-state index is 12.3. The number of carboxylic acids is 1. The van der Waals surface area contributed by atoms with Crippen LogP contribution in [0.1, 0.15) is 21.6 Å². The molecule has 0 unspecified atom stereocenters. The Balaban J connectivity index is 1.33. The van der Waals surface area contributed by atoms with Gasteiger partial charge in [-0.1, -0.05) is 24.3 Å². The lowest BCUT2D eigenvalue weighted by Crippen LogP contribution is -2.35. The predicted octanol–water partition coefficient (Wildman–Crippen LogP) is 3.52. The molecule has 0 bridgehead atoms. The van der Waals surface area contributed by atoms with Crippen molar-refractivity contribution in [3.8, 4) is 10.6 Å². The summed E-state index contributed by atoms with van der Waals surface area (Å²) in [4.78, 5) is 30.2. The third kappa shape index (κ3) is 5.75. The van der Waals surface area contributed by atoms with Crippen molar-refractivity contribution in [3.63, 3.8) is 0 Å². The molecule has 8 heteroatoms. The molecule has 31 heavy (non-hydrogen) atoms. The number of hydrogen-bond donors (Lipinski definition) is 2. The van der Waals surface area contributed by atoms with Crippen LogP contribution >= 0.6 is 11.3 Å². The second kappa shape index (κ2) is 9.82. The monoisotopic (exact) mass is 437 g/mol. The molecule has 1 aliphatic heterocycles. The predicted molar refractivity (Wildman–Crippen MR) is 119 cm³/mol. The lowest BCUT2D eigenvalue weighted by atomic mass is 10.1. The molecule has 1 aromatic heterocycles. The number of benzene rings is 2. The minimum atomic E-state index is -0.998. The van der Waals surface area contributed by atoms with Crippen LogP contribution in [-0.4, -0.2) is 53.2 Å². The zero-order valence-corrected chi connectivity index (χ0v) is 17.7. The number of morpholine rings is 1. The van der Waals surface area contributed by atoms with Crippen LogP contribution in [0.25, 0.3) is 10.6 Å². The van der Waals surface area contributed by atoms with Crippen LogP contribution in [-0.2, 0) is 22.5 Å². The van der Waals surface area contributed by atoms with E-state index in [4.69, 9.17) is 9.84 Å². The van der Waals surface area contributed by atoms with E-state index in [9.17, 15) is 9.59 Å². The standard InChI is InChI=1S/C23H23N3O4S/c27-21(24-19-7-5-18(6-8-19)23(28)29)13-20-15-31-22(25-20)17-3-1-16(2-4-17)14-26-9-11-30-12-10-26/h1-8,15H,9-14H2,(H,24,27)(H,28,29). The fraction of sp³-hybridized carbons (Fsp3) is 0.261. The van der Waals surface area contributed by atoms with E-state index < -0.39 is 5.97 Å². The zero-order chi connectivity index (χ0) is 21.6. The fourth-order valence-electron chi connectivity index (χ4n) is 3.36. The van der Waals surface area contributed by atoms with E-state index in [1.165, 1.54) is 29.0 Å². The molecule has 2 heterocycles. The Bertz CT molecular complexity index is 1040. The maximum absolute atomic E-state index is 12.3. The zero-order valence-electron chi connectivity index (χ0n) is 16.9. The number of nitrogens with one attached hydrogen (secondary N) is 1. The second-order valence-electron chi connectivity index (χ2n) is 7.34. The largest absolute Gasteiger partial charge is 0.478 e. The molecule has 0 aliphatic carbocycles. The summed E-state index contributed by atoms with van der Waals surface area (Å²) < 4.78 is 5.39. The summed E-state index contributed by atoms with van der Waals surface area (Å²) in [6.07, 6.45) is 0.159.